The van der Waals surface area contributed by atoms with Gasteiger partial charge in [-0.2, -0.15) is 0 Å². The highest BCUT2D eigenvalue weighted by Crippen LogP contribution is 2.58. The van der Waals surface area contributed by atoms with Crippen molar-refractivity contribution in [3.8, 4) is 0 Å². The van der Waals surface area contributed by atoms with Crippen LogP contribution in [-0.2, 0) is 20.7 Å². The molecule has 0 N–H and O–H groups in total. The topological polar surface area (TPSA) is 113 Å². The third-order valence-electron chi connectivity index (χ3n) is 13.3. The maximum absolute atomic E-state index is 13.4. The molecule has 0 amide bonds. The van der Waals surface area contributed by atoms with Crippen LogP contribution < -0.4 is 0 Å². The maximum Gasteiger partial charge on any atom is 0.197 e. The Morgan fingerprint density at radius 1 is 0.517 bits per heavy atom. The van der Waals surface area contributed by atoms with Gasteiger partial charge < -0.3 is 9.47 Å². The normalized spacial score (nSPS) is 24.2. The van der Waals surface area contributed by atoms with Crippen LogP contribution in [0.3, 0.4) is 0 Å². The van der Waals surface area contributed by atoms with Gasteiger partial charge in [0.2, 0.25) is 0 Å². The Morgan fingerprint density at radius 3 is 1.24 bits per heavy atom. The molecule has 0 bridgehead atoms. The molecule has 2 aromatic carbocycles. The number of hydrogen-bond donors (Lipinski definition) is 0. The van der Waals surface area contributed by atoms with Crippen molar-refractivity contribution in [2.45, 2.75) is 75.4 Å². The van der Waals surface area contributed by atoms with E-state index < -0.39 is 11.2 Å². The number of ether oxygens (including phenoxy) is 2. The highest BCUT2D eigenvalue weighted by atomic mass is 32.1. The molecule has 6 aliphatic carbocycles. The van der Waals surface area contributed by atoms with Crippen molar-refractivity contribution < 1.29 is 28.7 Å². The van der Waals surface area contributed by atoms with E-state index in [0.717, 1.165) is 108 Å². The minimum Gasteiger partial charge on any atom is -0.481 e. The zero-order valence-electron chi connectivity index (χ0n) is 31.5. The molecule has 2 aromatic heterocycles. The molecule has 0 radical (unpaired) electrons. The molecule has 8 nitrogen and oxygen atoms in total. The van der Waals surface area contributed by atoms with Crippen LogP contribution in [0.15, 0.2) is 95.5 Å². The van der Waals surface area contributed by atoms with E-state index in [0.29, 0.717) is 32.3 Å². The molecular formula is C48H36N2O6S2. The predicted octanol–water partition coefficient (Wildman–Crippen LogP) is 10.4. The first-order valence-electron chi connectivity index (χ1n) is 20.4. The largest absolute Gasteiger partial charge is 0.481 e. The summed E-state index contributed by atoms with van der Waals surface area (Å²) in [6.45, 7) is 0. The van der Waals surface area contributed by atoms with Gasteiger partial charge >= 0.3 is 0 Å². The maximum atomic E-state index is 13.4. The van der Waals surface area contributed by atoms with Gasteiger partial charge in [-0.15, -0.1) is 22.7 Å². The summed E-state index contributed by atoms with van der Waals surface area (Å²) in [5.41, 5.74) is 4.77. The summed E-state index contributed by atoms with van der Waals surface area (Å²) in [7, 11) is 0. The minimum absolute atomic E-state index is 0.00492. The molecule has 8 aliphatic rings. The second kappa shape index (κ2) is 12.5. The first kappa shape index (κ1) is 34.5. The highest BCUT2D eigenvalue weighted by Gasteiger charge is 2.50. The van der Waals surface area contributed by atoms with Crippen LogP contribution in [0.5, 0.6) is 0 Å². The van der Waals surface area contributed by atoms with Gasteiger partial charge in [0.15, 0.2) is 34.3 Å². The van der Waals surface area contributed by atoms with Gasteiger partial charge in [-0.1, -0.05) is 73.5 Å². The standard InChI is InChI=1S/C48H36N2O6S2/c51-39-27-11-3-4-12-28(27)40(52)33(39)23-37-49-45-43(57-37)31-19-26-22-36-32(20-25(26)21-35(31)55-47(45)15-7-1-8-16-47)44-46(48(56-36)17-9-2-10-18-48)50-38(58-44)24-34-41(53)29-13-5-6-14-30(29)42(34)54/h3-6,11-14,19-26H,1-2,7-10,15-18H2. The number of thiazole rings is 2. The number of rotatable bonds is 2. The fourth-order valence-electron chi connectivity index (χ4n) is 10.4. The molecule has 4 aromatic rings. The molecule has 286 valence electrons. The molecule has 2 atom stereocenters. The van der Waals surface area contributed by atoms with Gasteiger partial charge in [-0.3, -0.25) is 19.2 Å². The van der Waals surface area contributed by atoms with Crippen LogP contribution in [0.25, 0.3) is 23.3 Å². The van der Waals surface area contributed by atoms with E-state index in [-0.39, 0.29) is 46.1 Å². The van der Waals surface area contributed by atoms with E-state index in [2.05, 4.69) is 24.3 Å². The van der Waals surface area contributed by atoms with Crippen LogP contribution >= 0.6 is 22.7 Å². The Labute approximate surface area is 342 Å². The summed E-state index contributed by atoms with van der Waals surface area (Å²) < 4.78 is 14.2. The van der Waals surface area contributed by atoms with Gasteiger partial charge in [-0.05, 0) is 75.7 Å². The first-order valence-corrected chi connectivity index (χ1v) is 22.0. The molecule has 2 spiro atoms. The smallest absolute Gasteiger partial charge is 0.197 e. The molecule has 10 heteroatoms. The average molecular weight is 801 g/mol. The second-order valence-corrected chi connectivity index (χ2v) is 18.7. The fraction of sp³-hybridized carbons (Fsp3) is 0.292. The monoisotopic (exact) mass is 800 g/mol. The average Bonchev–Trinajstić information content (AvgIpc) is 4.00. The van der Waals surface area contributed by atoms with E-state index in [1.54, 1.807) is 60.7 Å². The molecule has 12 rings (SSSR count). The Bertz CT molecular complexity index is 2530. The molecule has 0 saturated heterocycles. The Hall–Kier alpha value is -5.58. The molecule has 2 unspecified atom stereocenters. The first-order chi connectivity index (χ1) is 28.3. The number of aromatic nitrogens is 2. The minimum atomic E-state index is -0.574. The summed E-state index contributed by atoms with van der Waals surface area (Å²) in [5, 5.41) is 1.28. The van der Waals surface area contributed by atoms with Crippen molar-refractivity contribution in [3.05, 3.63) is 149 Å². The number of fused-ring (bicyclic) bond motifs is 11. The molecular weight excluding hydrogens is 765 g/mol. The van der Waals surface area contributed by atoms with E-state index in [1.807, 2.05) is 0 Å². The van der Waals surface area contributed by atoms with E-state index >= 15 is 0 Å². The zero-order valence-corrected chi connectivity index (χ0v) is 33.1. The Kier molecular flexibility index (Phi) is 7.40. The third kappa shape index (κ3) is 4.91. The molecule has 2 aliphatic heterocycles. The number of hydrogen-bond acceptors (Lipinski definition) is 10. The summed E-state index contributed by atoms with van der Waals surface area (Å²) in [4.78, 5) is 65.9. The lowest BCUT2D eigenvalue weighted by molar-refractivity contribution is -0.0374. The number of nitrogens with zero attached hydrogens (tertiary/aromatic N) is 2. The number of carbonyl (C=O) groups excluding carboxylic acids is 4. The van der Waals surface area contributed by atoms with Gasteiger partial charge in [0, 0.05) is 45.2 Å². The lowest BCUT2D eigenvalue weighted by atomic mass is 9.73. The van der Waals surface area contributed by atoms with Crippen molar-refractivity contribution in [2.24, 2.45) is 11.8 Å². The van der Waals surface area contributed by atoms with Gasteiger partial charge in [0.05, 0.1) is 20.9 Å². The highest BCUT2D eigenvalue weighted by molar-refractivity contribution is 7.14. The van der Waals surface area contributed by atoms with E-state index in [9.17, 15) is 19.2 Å². The van der Waals surface area contributed by atoms with Crippen LogP contribution in [-0.4, -0.2) is 33.1 Å². The zero-order chi connectivity index (χ0) is 38.9. The van der Waals surface area contributed by atoms with E-state index in [4.69, 9.17) is 19.4 Å². The molecule has 4 heterocycles. The van der Waals surface area contributed by atoms with Crippen molar-refractivity contribution in [3.63, 3.8) is 0 Å². The lowest BCUT2D eigenvalue weighted by Crippen LogP contribution is -2.38. The van der Waals surface area contributed by atoms with Crippen LogP contribution in [0.4, 0.5) is 0 Å². The van der Waals surface area contributed by atoms with Gasteiger partial charge in [0.1, 0.15) is 32.9 Å². The Morgan fingerprint density at radius 2 is 0.879 bits per heavy atom. The van der Waals surface area contributed by atoms with Crippen molar-refractivity contribution in [2.75, 3.05) is 0 Å². The number of allylic oxidation sites excluding steroid dienone is 8. The number of carbonyl (C=O) groups is 4. The van der Waals surface area contributed by atoms with Crippen LogP contribution in [0, 0.1) is 11.8 Å². The summed E-state index contributed by atoms with van der Waals surface area (Å²) >= 11 is 3.06. The summed E-state index contributed by atoms with van der Waals surface area (Å²) in [5.74, 6) is 0.673. The molecule has 2 saturated carbocycles. The number of Topliss-reactive ketones (excluding diaryl/α,β-unsaturated/α-hetero) is 4. The summed E-state index contributed by atoms with van der Waals surface area (Å²) in [6, 6.07) is 14.0. The molecule has 2 fully saturated rings. The third-order valence-corrected chi connectivity index (χ3v) is 15.4. The second-order valence-electron chi connectivity index (χ2n) is 16.7. The van der Waals surface area contributed by atoms with E-state index in [1.165, 1.54) is 22.7 Å². The lowest BCUT2D eigenvalue weighted by Gasteiger charge is -2.45. The van der Waals surface area contributed by atoms with Gasteiger partial charge in [0.25, 0.3) is 0 Å². The SMILES string of the molecule is O=C1C(=Cc2nc3c(s2)C2=CC4C=C5OC6(CCCCC6)c6nc(C=C7C(=O)c8ccccc8C7=O)sc6C5=CC4C=C2OC32CCCCC2)C(=O)c2ccccc21. The number of benzene rings is 2. The number of ketones is 4. The van der Waals surface area contributed by atoms with Crippen molar-refractivity contribution in [1.29, 1.82) is 0 Å². The predicted molar refractivity (Wildman–Crippen MR) is 221 cm³/mol. The quantitative estimate of drug-likeness (QED) is 0.145. The van der Waals surface area contributed by atoms with Crippen LogP contribution in [0.2, 0.25) is 0 Å². The van der Waals surface area contributed by atoms with Crippen LogP contribution in [0.1, 0.15) is 137 Å². The fourth-order valence-corrected chi connectivity index (χ4v) is 12.7. The van der Waals surface area contributed by atoms with Gasteiger partial charge in [-0.25, -0.2) is 9.97 Å². The molecule has 58 heavy (non-hydrogen) atoms. The van der Waals surface area contributed by atoms with Crippen molar-refractivity contribution >= 4 is 69.1 Å². The Balaban J connectivity index is 0.943. The van der Waals surface area contributed by atoms with Crippen molar-refractivity contribution in [1.82, 2.24) is 9.97 Å². The summed E-state index contributed by atoms with van der Waals surface area (Å²) in [6.07, 6.45) is 22.2.